The Balaban J connectivity index is 2.65. The van der Waals surface area contributed by atoms with Gasteiger partial charge in [-0.1, -0.05) is 19.1 Å². The number of hydrogen-bond donors (Lipinski definition) is 1. The first-order valence-corrected chi connectivity index (χ1v) is 4.22. The molecule has 1 heteroatoms. The van der Waals surface area contributed by atoms with Crippen molar-refractivity contribution in [3.05, 3.63) is 22.8 Å². The number of aromatic amines is 1. The molecule has 1 heterocycles. The summed E-state index contributed by atoms with van der Waals surface area (Å²) >= 11 is 0. The van der Waals surface area contributed by atoms with Gasteiger partial charge >= 0.3 is 0 Å². The van der Waals surface area contributed by atoms with Crippen molar-refractivity contribution in [2.45, 2.75) is 19.8 Å². The molecule has 1 atom stereocenters. The van der Waals surface area contributed by atoms with Gasteiger partial charge in [0.15, 0.2) is 0 Å². The lowest BCUT2D eigenvalue weighted by atomic mass is 10.1. The summed E-state index contributed by atoms with van der Waals surface area (Å²) in [6.45, 7) is 2.27. The van der Waals surface area contributed by atoms with Crippen LogP contribution in [0, 0.1) is 5.92 Å². The van der Waals surface area contributed by atoms with Crippen LogP contribution in [0.15, 0.2) is 12.3 Å². The van der Waals surface area contributed by atoms with Crippen LogP contribution in [0.3, 0.4) is 0 Å². The van der Waals surface area contributed by atoms with Gasteiger partial charge in [0, 0.05) is 11.5 Å². The molecule has 1 aliphatic rings. The van der Waals surface area contributed by atoms with Gasteiger partial charge in [-0.15, -0.1) is 0 Å². The number of H-pyrrole nitrogens is 1. The van der Waals surface area contributed by atoms with Gasteiger partial charge in [0.2, 0.25) is 0 Å². The van der Waals surface area contributed by atoms with Crippen LogP contribution in [-0.2, 0) is 0 Å². The Labute approximate surface area is 66.4 Å². The maximum absolute atomic E-state index is 3.23. The Bertz CT molecular complexity index is 345. The van der Waals surface area contributed by atoms with E-state index in [9.17, 15) is 0 Å². The molecule has 0 saturated carbocycles. The van der Waals surface area contributed by atoms with E-state index < -0.39 is 0 Å². The minimum atomic E-state index is 0.725. The lowest BCUT2D eigenvalue weighted by Gasteiger charge is -1.98. The standard InChI is InChI=1S/C10H13N/c1-8-3-2-4-10-9(7-8)5-6-11-10/h4-8,11H,2-3H2,1H3. The van der Waals surface area contributed by atoms with Crippen molar-refractivity contribution < 1.29 is 0 Å². The van der Waals surface area contributed by atoms with E-state index in [0.717, 1.165) is 5.92 Å². The number of rotatable bonds is 0. The van der Waals surface area contributed by atoms with E-state index in [1.807, 2.05) is 6.20 Å². The van der Waals surface area contributed by atoms with Gasteiger partial charge in [-0.2, -0.15) is 0 Å². The average molecular weight is 147 g/mol. The van der Waals surface area contributed by atoms with Crippen LogP contribution in [0.1, 0.15) is 19.8 Å². The number of hydrogen-bond acceptors (Lipinski definition) is 0. The second-order valence-corrected chi connectivity index (χ2v) is 3.27. The fourth-order valence-electron chi connectivity index (χ4n) is 1.60. The molecule has 0 saturated heterocycles. The Morgan fingerprint density at radius 1 is 1.55 bits per heavy atom. The minimum Gasteiger partial charge on any atom is -0.361 e. The highest BCUT2D eigenvalue weighted by atomic mass is 14.6. The molecule has 1 aromatic heterocycles. The van der Waals surface area contributed by atoms with E-state index in [1.165, 1.54) is 23.4 Å². The Morgan fingerprint density at radius 2 is 2.45 bits per heavy atom. The minimum absolute atomic E-state index is 0.725. The van der Waals surface area contributed by atoms with E-state index >= 15 is 0 Å². The third-order valence-electron chi connectivity index (χ3n) is 2.25. The first-order chi connectivity index (χ1) is 5.36. The van der Waals surface area contributed by atoms with Crippen LogP contribution in [0.2, 0.25) is 0 Å². The summed E-state index contributed by atoms with van der Waals surface area (Å²) in [6, 6.07) is 2.15. The number of fused-ring (bicyclic) bond motifs is 1. The van der Waals surface area contributed by atoms with Crippen LogP contribution in [0.25, 0.3) is 12.2 Å². The predicted molar refractivity (Wildman–Crippen MR) is 47.4 cm³/mol. The van der Waals surface area contributed by atoms with Crippen LogP contribution < -0.4 is 10.6 Å². The van der Waals surface area contributed by atoms with Crippen molar-refractivity contribution in [1.29, 1.82) is 0 Å². The van der Waals surface area contributed by atoms with Gasteiger partial charge in [0.05, 0.1) is 0 Å². The van der Waals surface area contributed by atoms with Crippen LogP contribution in [0.4, 0.5) is 0 Å². The highest BCUT2D eigenvalue weighted by molar-refractivity contribution is 5.33. The van der Waals surface area contributed by atoms with Crippen molar-refractivity contribution in [2.24, 2.45) is 5.92 Å². The first-order valence-electron chi connectivity index (χ1n) is 4.22. The van der Waals surface area contributed by atoms with E-state index in [4.69, 9.17) is 0 Å². The highest BCUT2D eigenvalue weighted by Crippen LogP contribution is 2.08. The van der Waals surface area contributed by atoms with Crippen LogP contribution >= 0.6 is 0 Å². The zero-order valence-electron chi connectivity index (χ0n) is 6.80. The van der Waals surface area contributed by atoms with Gasteiger partial charge < -0.3 is 4.98 Å². The first kappa shape index (κ1) is 6.71. The van der Waals surface area contributed by atoms with Gasteiger partial charge in [0.25, 0.3) is 0 Å². The lowest BCUT2D eigenvalue weighted by Crippen LogP contribution is -2.21. The topological polar surface area (TPSA) is 15.8 Å². The maximum atomic E-state index is 3.23. The molecule has 11 heavy (non-hydrogen) atoms. The largest absolute Gasteiger partial charge is 0.361 e. The Kier molecular flexibility index (Phi) is 1.57. The second-order valence-electron chi connectivity index (χ2n) is 3.27. The summed E-state index contributed by atoms with van der Waals surface area (Å²) in [5.41, 5.74) is 0. The van der Waals surface area contributed by atoms with E-state index in [2.05, 4.69) is 30.1 Å². The predicted octanol–water partition coefficient (Wildman–Crippen LogP) is 1.01. The molecular weight excluding hydrogens is 134 g/mol. The maximum Gasteiger partial charge on any atom is 0.0410 e. The molecule has 0 spiro atoms. The zero-order valence-corrected chi connectivity index (χ0v) is 6.80. The number of aromatic nitrogens is 1. The molecule has 0 aliphatic heterocycles. The molecule has 2 rings (SSSR count). The molecule has 1 nitrogen and oxygen atoms in total. The molecule has 1 unspecified atom stereocenters. The fraction of sp³-hybridized carbons (Fsp3) is 0.400. The number of nitrogens with one attached hydrogen (secondary N) is 1. The summed E-state index contributed by atoms with van der Waals surface area (Å²) in [5, 5.41) is 2.67. The molecule has 1 aromatic rings. The average Bonchev–Trinajstić information content (AvgIpc) is 2.31. The normalized spacial score (nSPS) is 22.8. The fourth-order valence-corrected chi connectivity index (χ4v) is 1.60. The molecule has 0 fully saturated rings. The van der Waals surface area contributed by atoms with Gasteiger partial charge in [0.1, 0.15) is 0 Å². The summed E-state index contributed by atoms with van der Waals surface area (Å²) < 4.78 is 0. The third-order valence-corrected chi connectivity index (χ3v) is 2.25. The summed E-state index contributed by atoms with van der Waals surface area (Å²) in [6.07, 6.45) is 9.12. The molecule has 0 amide bonds. The Hall–Kier alpha value is -0.980. The quantitative estimate of drug-likeness (QED) is 0.563. The molecule has 58 valence electrons. The van der Waals surface area contributed by atoms with E-state index in [1.54, 1.807) is 0 Å². The van der Waals surface area contributed by atoms with E-state index in [0.29, 0.717) is 0 Å². The van der Waals surface area contributed by atoms with E-state index in [-0.39, 0.29) is 0 Å². The zero-order chi connectivity index (χ0) is 7.68. The van der Waals surface area contributed by atoms with Gasteiger partial charge in [-0.3, -0.25) is 0 Å². The smallest absolute Gasteiger partial charge is 0.0410 e. The van der Waals surface area contributed by atoms with Gasteiger partial charge in [-0.05, 0) is 30.0 Å². The summed E-state index contributed by atoms with van der Waals surface area (Å²) in [7, 11) is 0. The second kappa shape index (κ2) is 2.57. The molecule has 1 N–H and O–H groups in total. The molecule has 0 aromatic carbocycles. The molecule has 0 bridgehead atoms. The third kappa shape index (κ3) is 1.23. The summed E-state index contributed by atoms with van der Waals surface area (Å²) in [4.78, 5) is 3.23. The van der Waals surface area contributed by atoms with Gasteiger partial charge in [-0.25, -0.2) is 0 Å². The van der Waals surface area contributed by atoms with Crippen LogP contribution in [-0.4, -0.2) is 4.98 Å². The van der Waals surface area contributed by atoms with Crippen molar-refractivity contribution in [1.82, 2.24) is 4.98 Å². The molecule has 0 radical (unpaired) electrons. The van der Waals surface area contributed by atoms with Crippen molar-refractivity contribution >= 4 is 12.2 Å². The van der Waals surface area contributed by atoms with Crippen molar-refractivity contribution in [3.8, 4) is 0 Å². The SMILES string of the molecule is CC1C=c2cc[nH]c2=CCC1. The van der Waals surface area contributed by atoms with Crippen molar-refractivity contribution in [2.75, 3.05) is 0 Å². The Morgan fingerprint density at radius 3 is 3.36 bits per heavy atom. The molecule has 1 aliphatic carbocycles. The monoisotopic (exact) mass is 147 g/mol. The highest BCUT2D eigenvalue weighted by Gasteiger charge is 2.00. The van der Waals surface area contributed by atoms with Crippen molar-refractivity contribution in [3.63, 3.8) is 0 Å². The van der Waals surface area contributed by atoms with Crippen LogP contribution in [0.5, 0.6) is 0 Å². The lowest BCUT2D eigenvalue weighted by molar-refractivity contribution is 0.705. The summed E-state index contributed by atoms with van der Waals surface area (Å²) in [5.74, 6) is 0.725. The molecular formula is C10H13N.